The van der Waals surface area contributed by atoms with Crippen molar-refractivity contribution in [1.29, 1.82) is 0 Å². The number of anilines is 1. The lowest BCUT2D eigenvalue weighted by molar-refractivity contribution is -0.0977. The van der Waals surface area contributed by atoms with Crippen molar-refractivity contribution in [3.05, 3.63) is 36.3 Å². The van der Waals surface area contributed by atoms with Gasteiger partial charge < -0.3 is 14.7 Å². The van der Waals surface area contributed by atoms with Gasteiger partial charge in [0.25, 0.3) is 0 Å². The number of aromatic nitrogens is 4. The Kier molecular flexibility index (Phi) is 4.12. The monoisotopic (exact) mass is 448 g/mol. The highest BCUT2D eigenvalue weighted by atomic mass is 16.5. The Balaban J connectivity index is 1.16. The first-order chi connectivity index (χ1) is 16.0. The topological polar surface area (TPSA) is 71.6 Å². The predicted octanol–water partition coefficient (Wildman–Crippen LogP) is 2.31. The summed E-state index contributed by atoms with van der Waals surface area (Å²) in [6, 6.07) is 4.54. The average molecular weight is 449 g/mol. The molecule has 0 unspecified atom stereocenters. The number of rotatable bonds is 4. The minimum Gasteiger partial charge on any atom is -0.389 e. The number of aryl methyl sites for hydroxylation is 1. The zero-order valence-corrected chi connectivity index (χ0v) is 19.4. The normalized spacial score (nSPS) is 34.0. The molecule has 8 rings (SSSR count). The van der Waals surface area contributed by atoms with Gasteiger partial charge in [-0.3, -0.25) is 9.58 Å². The Morgan fingerprint density at radius 2 is 1.85 bits per heavy atom. The van der Waals surface area contributed by atoms with Crippen LogP contribution in [0.3, 0.4) is 0 Å². The molecule has 2 aliphatic heterocycles. The van der Waals surface area contributed by atoms with Gasteiger partial charge in [0, 0.05) is 37.3 Å². The van der Waals surface area contributed by atoms with Crippen LogP contribution in [0.15, 0.2) is 30.7 Å². The van der Waals surface area contributed by atoms with Gasteiger partial charge in [0.05, 0.1) is 54.5 Å². The smallest absolute Gasteiger partial charge is 0.103 e. The number of ether oxygens (including phenoxy) is 1. The van der Waals surface area contributed by atoms with Gasteiger partial charge >= 0.3 is 0 Å². The molecule has 8 heteroatoms. The second kappa shape index (κ2) is 6.81. The minimum atomic E-state index is -0.414. The van der Waals surface area contributed by atoms with E-state index in [1.165, 1.54) is 30.5 Å². The maximum Gasteiger partial charge on any atom is 0.103 e. The molecular weight excluding hydrogens is 416 g/mol. The average Bonchev–Trinajstić information content (AvgIpc) is 3.45. The summed E-state index contributed by atoms with van der Waals surface area (Å²) in [6.45, 7) is 9.07. The number of nitrogens with zero attached hydrogens (tertiary/aromatic N) is 6. The molecule has 5 aliphatic rings. The Labute approximate surface area is 193 Å². The van der Waals surface area contributed by atoms with Gasteiger partial charge in [0.2, 0.25) is 0 Å². The van der Waals surface area contributed by atoms with E-state index in [0.29, 0.717) is 18.8 Å². The van der Waals surface area contributed by atoms with E-state index in [0.717, 1.165) is 48.7 Å². The van der Waals surface area contributed by atoms with Crippen molar-refractivity contribution in [3.8, 4) is 5.69 Å². The molecule has 1 aromatic carbocycles. The van der Waals surface area contributed by atoms with Crippen LogP contribution in [0.5, 0.6) is 0 Å². The van der Waals surface area contributed by atoms with Gasteiger partial charge in [0.15, 0.2) is 0 Å². The van der Waals surface area contributed by atoms with Crippen LogP contribution in [-0.2, 0) is 10.3 Å². The molecule has 2 bridgehead atoms. The number of aliphatic hydroxyl groups excluding tert-OH is 1. The van der Waals surface area contributed by atoms with Crippen LogP contribution in [-0.4, -0.2) is 80.6 Å². The number of piperazine rings is 1. The van der Waals surface area contributed by atoms with E-state index in [2.05, 4.69) is 46.7 Å². The van der Waals surface area contributed by atoms with Gasteiger partial charge in [-0.1, -0.05) is 0 Å². The third-order valence-corrected chi connectivity index (χ3v) is 8.92. The largest absolute Gasteiger partial charge is 0.389 e. The molecule has 8 nitrogen and oxygen atoms in total. The lowest BCUT2D eigenvalue weighted by Gasteiger charge is -2.61. The van der Waals surface area contributed by atoms with Gasteiger partial charge in [-0.2, -0.15) is 10.2 Å². The first-order valence-electron chi connectivity index (χ1n) is 12.2. The summed E-state index contributed by atoms with van der Waals surface area (Å²) in [7, 11) is 0. The van der Waals surface area contributed by atoms with Gasteiger partial charge in [-0.25, -0.2) is 4.68 Å². The fraction of sp³-hybridized carbons (Fsp3) is 0.600. The molecule has 0 spiro atoms. The molecule has 4 heterocycles. The molecule has 174 valence electrons. The van der Waals surface area contributed by atoms with E-state index in [1.54, 1.807) is 0 Å². The molecule has 1 N–H and O–H groups in total. The van der Waals surface area contributed by atoms with Crippen LogP contribution in [0, 0.1) is 12.8 Å². The quantitative estimate of drug-likeness (QED) is 0.661. The number of aliphatic hydroxyl groups is 1. The van der Waals surface area contributed by atoms with Crippen molar-refractivity contribution in [2.75, 3.05) is 44.3 Å². The third kappa shape index (κ3) is 2.80. The molecule has 0 radical (unpaired) electrons. The molecule has 33 heavy (non-hydrogen) atoms. The SMILES string of the molecule is Cc1cc2cnn(-c3cnn(C45CC(C4)C5)c3)c2cc1N1CCN([C@]2(C)COC[C@@H]2O)CC1. The van der Waals surface area contributed by atoms with Crippen molar-refractivity contribution in [1.82, 2.24) is 24.5 Å². The predicted molar refractivity (Wildman–Crippen MR) is 126 cm³/mol. The van der Waals surface area contributed by atoms with E-state index < -0.39 is 6.10 Å². The Hall–Kier alpha value is -2.42. The second-order valence-corrected chi connectivity index (χ2v) is 11.0. The molecule has 5 fully saturated rings. The number of hydrogen-bond donors (Lipinski definition) is 1. The maximum atomic E-state index is 10.4. The van der Waals surface area contributed by atoms with Crippen molar-refractivity contribution < 1.29 is 9.84 Å². The minimum absolute atomic E-state index is 0.274. The number of fused-ring (bicyclic) bond motifs is 1. The van der Waals surface area contributed by atoms with Crippen LogP contribution < -0.4 is 4.90 Å². The third-order valence-electron chi connectivity index (χ3n) is 8.92. The van der Waals surface area contributed by atoms with Gasteiger partial charge in [-0.15, -0.1) is 0 Å². The van der Waals surface area contributed by atoms with Crippen LogP contribution in [0.1, 0.15) is 31.7 Å². The maximum absolute atomic E-state index is 10.4. The zero-order valence-electron chi connectivity index (χ0n) is 19.4. The van der Waals surface area contributed by atoms with E-state index >= 15 is 0 Å². The van der Waals surface area contributed by atoms with Gasteiger partial charge in [-0.05, 0) is 56.7 Å². The summed E-state index contributed by atoms with van der Waals surface area (Å²) in [5.41, 5.74) is 4.73. The number of hydrogen-bond acceptors (Lipinski definition) is 6. The van der Waals surface area contributed by atoms with E-state index in [1.807, 2.05) is 17.1 Å². The summed E-state index contributed by atoms with van der Waals surface area (Å²) < 4.78 is 9.79. The Morgan fingerprint density at radius 3 is 2.52 bits per heavy atom. The standard InChI is InChI=1S/C25H32N6O2/c1-17-7-19-12-27-31(20-13-26-30(14-20)25-9-18(10-25)11-25)22(19)8-21(17)28-3-5-29(6-4-28)24(2)16-33-15-23(24)32/h7-8,12-14,18,23,32H,3-6,9-11,15-16H2,1-2H3/t18?,23-,24+,25?/m0/s1. The molecule has 3 aliphatic carbocycles. The van der Waals surface area contributed by atoms with Crippen LogP contribution >= 0.6 is 0 Å². The van der Waals surface area contributed by atoms with Crippen molar-refractivity contribution >= 4 is 16.6 Å². The van der Waals surface area contributed by atoms with E-state index in [4.69, 9.17) is 14.9 Å². The van der Waals surface area contributed by atoms with E-state index in [-0.39, 0.29) is 5.54 Å². The molecule has 3 saturated carbocycles. The molecule has 2 aromatic heterocycles. The summed E-state index contributed by atoms with van der Waals surface area (Å²) in [5.74, 6) is 0.932. The van der Waals surface area contributed by atoms with E-state index in [9.17, 15) is 5.11 Å². The Bertz CT molecular complexity index is 1210. The summed E-state index contributed by atoms with van der Waals surface area (Å²) in [5, 5.41) is 21.0. The second-order valence-electron chi connectivity index (χ2n) is 11.0. The van der Waals surface area contributed by atoms with Crippen molar-refractivity contribution in [3.63, 3.8) is 0 Å². The Morgan fingerprint density at radius 1 is 1.06 bits per heavy atom. The highest BCUT2D eigenvalue weighted by molar-refractivity contribution is 5.85. The highest BCUT2D eigenvalue weighted by Crippen LogP contribution is 2.62. The number of benzene rings is 1. The highest BCUT2D eigenvalue weighted by Gasteiger charge is 2.58. The van der Waals surface area contributed by atoms with Crippen molar-refractivity contribution in [2.24, 2.45) is 5.92 Å². The fourth-order valence-corrected chi connectivity index (χ4v) is 6.53. The molecule has 2 saturated heterocycles. The first-order valence-corrected chi connectivity index (χ1v) is 12.2. The zero-order chi connectivity index (χ0) is 22.4. The summed E-state index contributed by atoms with van der Waals surface area (Å²) in [6.07, 6.45) is 9.53. The van der Waals surface area contributed by atoms with Crippen LogP contribution in [0.25, 0.3) is 16.6 Å². The molecule has 0 amide bonds. The molecular formula is C25H32N6O2. The fourth-order valence-electron chi connectivity index (χ4n) is 6.53. The molecule has 3 aromatic rings. The van der Waals surface area contributed by atoms with Crippen LogP contribution in [0.4, 0.5) is 5.69 Å². The summed E-state index contributed by atoms with van der Waals surface area (Å²) in [4.78, 5) is 4.87. The van der Waals surface area contributed by atoms with Crippen LogP contribution in [0.2, 0.25) is 0 Å². The lowest BCUT2D eigenvalue weighted by Crippen LogP contribution is -2.60. The van der Waals surface area contributed by atoms with Crippen molar-refractivity contribution in [2.45, 2.75) is 50.3 Å². The first kappa shape index (κ1) is 20.0. The van der Waals surface area contributed by atoms with Gasteiger partial charge in [0.1, 0.15) is 5.69 Å². The lowest BCUT2D eigenvalue weighted by atomic mass is 9.50. The summed E-state index contributed by atoms with van der Waals surface area (Å²) >= 11 is 0. The molecule has 2 atom stereocenters.